The second kappa shape index (κ2) is 15.4. The van der Waals surface area contributed by atoms with Crippen LogP contribution in [0.1, 0.15) is 85.0 Å². The summed E-state index contributed by atoms with van der Waals surface area (Å²) in [6, 6.07) is 0. The highest BCUT2D eigenvalue weighted by Gasteiger charge is 2.24. The number of rotatable bonds is 16. The van der Waals surface area contributed by atoms with Crippen LogP contribution < -0.4 is 0 Å². The fourth-order valence-corrected chi connectivity index (χ4v) is 2.90. The molecule has 140 valence electrons. The van der Waals surface area contributed by atoms with E-state index in [2.05, 4.69) is 20.8 Å². The Balaban J connectivity index is 4.45. The highest BCUT2D eigenvalue weighted by molar-refractivity contribution is 4.74. The Morgan fingerprint density at radius 1 is 0.870 bits per heavy atom. The molecule has 4 nitrogen and oxygen atoms in total. The third-order valence-corrected chi connectivity index (χ3v) is 4.60. The lowest BCUT2D eigenvalue weighted by Crippen LogP contribution is -2.34. The predicted octanol–water partition coefficient (Wildman–Crippen LogP) is 3.66. The summed E-state index contributed by atoms with van der Waals surface area (Å²) in [5.74, 6) is 0.552. The van der Waals surface area contributed by atoms with Crippen molar-refractivity contribution < 1.29 is 20.1 Å². The van der Waals surface area contributed by atoms with Gasteiger partial charge in [-0.25, -0.2) is 0 Å². The molecule has 0 aliphatic rings. The molecule has 0 aromatic heterocycles. The van der Waals surface area contributed by atoms with Crippen LogP contribution in [0, 0.1) is 5.92 Å². The van der Waals surface area contributed by atoms with Crippen LogP contribution >= 0.6 is 0 Å². The maximum Gasteiger partial charge on any atom is 0.100 e. The predicted molar refractivity (Wildman–Crippen MR) is 95.5 cm³/mol. The Morgan fingerprint density at radius 2 is 1.57 bits per heavy atom. The quantitative estimate of drug-likeness (QED) is 0.377. The van der Waals surface area contributed by atoms with Gasteiger partial charge in [-0.3, -0.25) is 0 Å². The van der Waals surface area contributed by atoms with Gasteiger partial charge in [0, 0.05) is 0 Å². The van der Waals surface area contributed by atoms with Gasteiger partial charge in [-0.1, -0.05) is 72.1 Å². The van der Waals surface area contributed by atoms with Gasteiger partial charge in [0.15, 0.2) is 0 Å². The van der Waals surface area contributed by atoms with E-state index in [-0.39, 0.29) is 19.3 Å². The van der Waals surface area contributed by atoms with E-state index in [1.807, 2.05) is 0 Å². The van der Waals surface area contributed by atoms with Crippen molar-refractivity contribution in [1.82, 2.24) is 0 Å². The molecule has 0 saturated heterocycles. The summed E-state index contributed by atoms with van der Waals surface area (Å²) in [6.07, 6.45) is 9.21. The molecule has 4 atom stereocenters. The van der Waals surface area contributed by atoms with Gasteiger partial charge in [0.1, 0.15) is 6.10 Å². The van der Waals surface area contributed by atoms with Gasteiger partial charge in [0.05, 0.1) is 25.4 Å². The Labute approximate surface area is 143 Å². The molecular weight excluding hydrogens is 292 g/mol. The van der Waals surface area contributed by atoms with Crippen LogP contribution in [0.4, 0.5) is 0 Å². The van der Waals surface area contributed by atoms with Crippen LogP contribution in [0.25, 0.3) is 0 Å². The van der Waals surface area contributed by atoms with E-state index >= 15 is 0 Å². The molecule has 0 aliphatic carbocycles. The molecular formula is C19H40O4. The number of aliphatic hydroxyl groups is 3. The molecule has 0 aromatic rings. The topological polar surface area (TPSA) is 69.9 Å². The zero-order chi connectivity index (χ0) is 17.5. The van der Waals surface area contributed by atoms with Gasteiger partial charge in [-0.15, -0.1) is 0 Å². The molecule has 4 heteroatoms. The van der Waals surface area contributed by atoms with Crippen LogP contribution in [0.15, 0.2) is 0 Å². The summed E-state index contributed by atoms with van der Waals surface area (Å²) in [6.45, 7) is 6.36. The lowest BCUT2D eigenvalue weighted by atomic mass is 9.90. The Bertz CT molecular complexity index is 248. The number of aliphatic hydroxyl groups excluding tert-OH is 3. The maximum absolute atomic E-state index is 10.5. The minimum absolute atomic E-state index is 0.0946. The molecule has 0 aromatic carbocycles. The molecule has 0 bridgehead atoms. The second-order valence-corrected chi connectivity index (χ2v) is 6.78. The number of unbranched alkanes of at least 4 members (excludes halogenated alkanes) is 4. The lowest BCUT2D eigenvalue weighted by molar-refractivity contribution is -0.0860. The van der Waals surface area contributed by atoms with Crippen molar-refractivity contribution >= 4 is 0 Å². The van der Waals surface area contributed by atoms with Gasteiger partial charge < -0.3 is 20.1 Å². The van der Waals surface area contributed by atoms with Crippen molar-refractivity contribution in [2.75, 3.05) is 13.2 Å². The van der Waals surface area contributed by atoms with Gasteiger partial charge >= 0.3 is 0 Å². The first kappa shape index (κ1) is 22.8. The van der Waals surface area contributed by atoms with Crippen LogP contribution in [0.2, 0.25) is 0 Å². The lowest BCUT2D eigenvalue weighted by Gasteiger charge is -2.28. The van der Waals surface area contributed by atoms with Crippen LogP contribution in [0.5, 0.6) is 0 Å². The minimum Gasteiger partial charge on any atom is -0.394 e. The first-order chi connectivity index (χ1) is 11.1. The van der Waals surface area contributed by atoms with E-state index in [9.17, 15) is 10.2 Å². The summed E-state index contributed by atoms with van der Waals surface area (Å²) >= 11 is 0. The molecule has 4 unspecified atom stereocenters. The number of ether oxygens (including phenoxy) is 1. The summed E-state index contributed by atoms with van der Waals surface area (Å²) in [5.41, 5.74) is 0. The van der Waals surface area contributed by atoms with Crippen LogP contribution in [-0.2, 0) is 4.74 Å². The van der Waals surface area contributed by atoms with E-state index in [1.165, 1.54) is 25.7 Å². The van der Waals surface area contributed by atoms with Crippen molar-refractivity contribution in [2.24, 2.45) is 5.92 Å². The van der Waals surface area contributed by atoms with E-state index in [4.69, 9.17) is 9.84 Å². The van der Waals surface area contributed by atoms with Gasteiger partial charge in [-0.05, 0) is 18.8 Å². The highest BCUT2D eigenvalue weighted by atomic mass is 16.5. The molecule has 0 saturated carbocycles. The smallest absolute Gasteiger partial charge is 0.100 e. The zero-order valence-corrected chi connectivity index (χ0v) is 15.5. The van der Waals surface area contributed by atoms with Gasteiger partial charge in [0.2, 0.25) is 0 Å². The first-order valence-corrected chi connectivity index (χ1v) is 9.67. The SMILES string of the molecule is CCCCCCC(O)C(CC(CC)CCCC)OCC(O)CO. The van der Waals surface area contributed by atoms with Gasteiger partial charge in [-0.2, -0.15) is 0 Å². The van der Waals surface area contributed by atoms with Crippen molar-refractivity contribution in [3.8, 4) is 0 Å². The second-order valence-electron chi connectivity index (χ2n) is 6.78. The molecule has 3 N–H and O–H groups in total. The summed E-state index contributed by atoms with van der Waals surface area (Å²) in [7, 11) is 0. The Hall–Kier alpha value is -0.160. The van der Waals surface area contributed by atoms with Gasteiger partial charge in [0.25, 0.3) is 0 Å². The summed E-state index contributed by atoms with van der Waals surface area (Å²) in [5, 5.41) is 28.9. The van der Waals surface area contributed by atoms with E-state index in [0.717, 1.165) is 38.5 Å². The molecule has 0 amide bonds. The average Bonchev–Trinajstić information content (AvgIpc) is 2.57. The highest BCUT2D eigenvalue weighted by Crippen LogP contribution is 2.23. The average molecular weight is 333 g/mol. The largest absolute Gasteiger partial charge is 0.394 e. The maximum atomic E-state index is 10.5. The van der Waals surface area contributed by atoms with Crippen molar-refractivity contribution in [3.63, 3.8) is 0 Å². The number of hydrogen-bond acceptors (Lipinski definition) is 4. The zero-order valence-electron chi connectivity index (χ0n) is 15.5. The van der Waals surface area contributed by atoms with Crippen molar-refractivity contribution in [2.45, 2.75) is 103 Å². The Kier molecular flexibility index (Phi) is 15.3. The van der Waals surface area contributed by atoms with Crippen LogP contribution in [0.3, 0.4) is 0 Å². The molecule has 0 spiro atoms. The molecule has 0 rings (SSSR count). The monoisotopic (exact) mass is 332 g/mol. The number of hydrogen-bond donors (Lipinski definition) is 3. The molecule has 23 heavy (non-hydrogen) atoms. The van der Waals surface area contributed by atoms with E-state index < -0.39 is 12.2 Å². The Morgan fingerprint density at radius 3 is 2.13 bits per heavy atom. The molecule has 0 aliphatic heterocycles. The third-order valence-electron chi connectivity index (χ3n) is 4.60. The molecule has 0 radical (unpaired) electrons. The van der Waals surface area contributed by atoms with E-state index in [1.54, 1.807) is 0 Å². The standard InChI is InChI=1S/C19H40O4/c1-4-7-9-10-12-18(22)19(23-15-17(21)14-20)13-16(6-3)11-8-5-2/h16-22H,4-15H2,1-3H3. The van der Waals surface area contributed by atoms with Crippen molar-refractivity contribution in [1.29, 1.82) is 0 Å². The summed E-state index contributed by atoms with van der Waals surface area (Å²) < 4.78 is 5.77. The normalized spacial score (nSPS) is 17.0. The fourth-order valence-electron chi connectivity index (χ4n) is 2.90. The molecule has 0 fully saturated rings. The minimum atomic E-state index is -0.861. The third kappa shape index (κ3) is 11.9. The van der Waals surface area contributed by atoms with E-state index in [0.29, 0.717) is 5.92 Å². The molecule has 0 heterocycles. The fraction of sp³-hybridized carbons (Fsp3) is 1.00. The van der Waals surface area contributed by atoms with Crippen molar-refractivity contribution in [3.05, 3.63) is 0 Å². The first-order valence-electron chi connectivity index (χ1n) is 9.67. The summed E-state index contributed by atoms with van der Waals surface area (Å²) in [4.78, 5) is 0. The van der Waals surface area contributed by atoms with Crippen LogP contribution in [-0.4, -0.2) is 46.8 Å².